The molecule has 2 atom stereocenters. The van der Waals surface area contributed by atoms with Gasteiger partial charge in [0, 0.05) is 24.6 Å². The smallest absolute Gasteiger partial charge is 0.272 e. The molecule has 1 aliphatic heterocycles. The molecule has 1 aliphatic carbocycles. The number of hydrogen-bond donors (Lipinski definition) is 2. The minimum atomic E-state index is -1.14. The Kier molecular flexibility index (Phi) is 7.76. The molecule has 36 heavy (non-hydrogen) atoms. The fraction of sp³-hybridized carbons (Fsp3) is 0.407. The van der Waals surface area contributed by atoms with E-state index in [4.69, 9.17) is 4.99 Å². The Balaban J connectivity index is 1.49. The second-order valence-electron chi connectivity index (χ2n) is 9.42. The number of carbonyl (C=O) groups is 3. The van der Waals surface area contributed by atoms with Crippen molar-refractivity contribution < 1.29 is 23.2 Å². The number of nitrogens with one attached hydrogen (secondary N) is 2. The Bertz CT molecular complexity index is 1170. The number of hydrogen-bond acceptors (Lipinski definition) is 4. The van der Waals surface area contributed by atoms with E-state index < -0.39 is 35.7 Å². The number of benzodiazepines with no additional fused rings is 1. The molecular formula is C27H30F2N4O3. The van der Waals surface area contributed by atoms with Crippen molar-refractivity contribution in [1.82, 2.24) is 10.6 Å². The zero-order chi connectivity index (χ0) is 25.8. The second kappa shape index (κ2) is 11.0. The van der Waals surface area contributed by atoms with Gasteiger partial charge in [0.25, 0.3) is 5.91 Å². The number of nitrogens with zero attached hydrogens (tertiary/aromatic N) is 2. The molecule has 9 heteroatoms. The van der Waals surface area contributed by atoms with Crippen LogP contribution < -0.4 is 15.5 Å². The average Bonchev–Trinajstić information content (AvgIpc) is 2.94. The maximum atomic E-state index is 13.4. The Morgan fingerprint density at radius 1 is 1.08 bits per heavy atom. The third-order valence-electron chi connectivity index (χ3n) is 6.70. The second-order valence-corrected chi connectivity index (χ2v) is 9.42. The summed E-state index contributed by atoms with van der Waals surface area (Å²) in [7, 11) is 1.66. The van der Waals surface area contributed by atoms with Crippen molar-refractivity contribution >= 4 is 29.1 Å². The zero-order valence-corrected chi connectivity index (χ0v) is 20.4. The topological polar surface area (TPSA) is 90.9 Å². The monoisotopic (exact) mass is 496 g/mol. The molecule has 7 nitrogen and oxygen atoms in total. The Hall–Kier alpha value is -3.62. The van der Waals surface area contributed by atoms with Crippen molar-refractivity contribution in [2.24, 2.45) is 10.9 Å². The normalized spacial score (nSPS) is 19.1. The summed E-state index contributed by atoms with van der Waals surface area (Å²) in [4.78, 5) is 44.9. The molecule has 1 heterocycles. The van der Waals surface area contributed by atoms with Gasteiger partial charge in [0.15, 0.2) is 0 Å². The lowest BCUT2D eigenvalue weighted by Crippen LogP contribution is -2.52. The number of aliphatic imine (C=N–C) groups is 1. The van der Waals surface area contributed by atoms with Gasteiger partial charge in [-0.2, -0.15) is 0 Å². The van der Waals surface area contributed by atoms with Gasteiger partial charge in [0.1, 0.15) is 17.7 Å². The van der Waals surface area contributed by atoms with Gasteiger partial charge in [-0.15, -0.1) is 0 Å². The van der Waals surface area contributed by atoms with E-state index in [0.29, 0.717) is 0 Å². The molecule has 2 aliphatic rings. The Morgan fingerprint density at radius 2 is 1.75 bits per heavy atom. The molecule has 2 N–H and O–H groups in total. The first-order valence-electron chi connectivity index (χ1n) is 12.2. The van der Waals surface area contributed by atoms with Gasteiger partial charge in [-0.25, -0.2) is 8.78 Å². The largest absolute Gasteiger partial charge is 0.344 e. The van der Waals surface area contributed by atoms with Gasteiger partial charge in [-0.05, 0) is 43.5 Å². The molecule has 0 spiro atoms. The first-order valence-corrected chi connectivity index (χ1v) is 12.2. The summed E-state index contributed by atoms with van der Waals surface area (Å²) in [5.41, 5.74) is 2.60. The molecule has 0 radical (unpaired) electrons. The van der Waals surface area contributed by atoms with Crippen molar-refractivity contribution in [3.63, 3.8) is 0 Å². The van der Waals surface area contributed by atoms with Crippen LogP contribution in [0.5, 0.6) is 0 Å². The average molecular weight is 497 g/mol. The number of rotatable bonds is 6. The molecule has 2 aromatic carbocycles. The zero-order valence-electron chi connectivity index (χ0n) is 20.4. The molecule has 3 amide bonds. The van der Waals surface area contributed by atoms with Crippen LogP contribution >= 0.6 is 0 Å². The standard InChI is InChI=1S/C27H30F2N4O3/c1-16(30-23(34)14-17-12-19(28)15-20(29)13-17)26(35)32-25-27(36)33(2)22-11-7-6-10-21(22)24(31-25)18-8-4-3-5-9-18/h6-7,10-13,15-16,18,25H,3-5,8-9,14H2,1-2H3,(H,30,34)(H,32,35)/t16-,25?/m0/s1. The third kappa shape index (κ3) is 5.78. The lowest BCUT2D eigenvalue weighted by molar-refractivity contribution is -0.130. The van der Waals surface area contributed by atoms with Crippen LogP contribution in [0, 0.1) is 17.6 Å². The van der Waals surface area contributed by atoms with Gasteiger partial charge < -0.3 is 15.5 Å². The fourth-order valence-corrected chi connectivity index (χ4v) is 4.86. The number of anilines is 1. The maximum Gasteiger partial charge on any atom is 0.272 e. The quantitative estimate of drug-likeness (QED) is 0.642. The van der Waals surface area contributed by atoms with Crippen molar-refractivity contribution in [2.45, 2.75) is 57.7 Å². The predicted molar refractivity (Wildman–Crippen MR) is 133 cm³/mol. The summed E-state index contributed by atoms with van der Waals surface area (Å²) in [5, 5.41) is 5.20. The minimum Gasteiger partial charge on any atom is -0.344 e. The van der Waals surface area contributed by atoms with Crippen molar-refractivity contribution in [1.29, 1.82) is 0 Å². The van der Waals surface area contributed by atoms with Gasteiger partial charge in [-0.3, -0.25) is 19.4 Å². The molecule has 0 saturated heterocycles. The van der Waals surface area contributed by atoms with Crippen LogP contribution in [0.4, 0.5) is 14.5 Å². The molecule has 1 fully saturated rings. The van der Waals surface area contributed by atoms with Gasteiger partial charge >= 0.3 is 0 Å². The van der Waals surface area contributed by atoms with Crippen molar-refractivity contribution in [2.75, 3.05) is 11.9 Å². The minimum absolute atomic E-state index is 0.151. The number of carbonyl (C=O) groups excluding carboxylic acids is 3. The molecule has 1 saturated carbocycles. The Morgan fingerprint density at radius 3 is 2.44 bits per heavy atom. The van der Waals surface area contributed by atoms with Crippen LogP contribution in [-0.4, -0.2) is 42.7 Å². The highest BCUT2D eigenvalue weighted by molar-refractivity contribution is 6.14. The van der Waals surface area contributed by atoms with Crippen LogP contribution in [0.25, 0.3) is 0 Å². The van der Waals surface area contributed by atoms with Gasteiger partial charge in [-0.1, -0.05) is 37.5 Å². The SMILES string of the molecule is C[C@H](NC(=O)Cc1cc(F)cc(F)c1)C(=O)NC1N=C(C2CCCCC2)c2ccccc2N(C)C1=O. The first kappa shape index (κ1) is 25.5. The van der Waals surface area contributed by atoms with E-state index in [-0.39, 0.29) is 23.8 Å². The lowest BCUT2D eigenvalue weighted by Gasteiger charge is -2.25. The molecule has 190 valence electrons. The molecule has 4 rings (SSSR count). The number of likely N-dealkylation sites (N-methyl/N-ethyl adjacent to an activating group) is 1. The molecule has 0 bridgehead atoms. The van der Waals surface area contributed by atoms with Gasteiger partial charge in [0.05, 0.1) is 17.8 Å². The van der Waals surface area contributed by atoms with E-state index >= 15 is 0 Å². The number of para-hydroxylation sites is 1. The summed E-state index contributed by atoms with van der Waals surface area (Å²) in [6.07, 6.45) is 3.86. The molecule has 2 aromatic rings. The van der Waals surface area contributed by atoms with Crippen LogP contribution in [0.15, 0.2) is 47.5 Å². The van der Waals surface area contributed by atoms with E-state index in [0.717, 1.165) is 60.8 Å². The predicted octanol–water partition coefficient (Wildman–Crippen LogP) is 3.50. The first-order chi connectivity index (χ1) is 17.2. The molecule has 1 unspecified atom stereocenters. The Labute approximate surface area is 209 Å². The summed E-state index contributed by atoms with van der Waals surface area (Å²) < 4.78 is 26.8. The number of halogens is 2. The maximum absolute atomic E-state index is 13.4. The van der Waals surface area contributed by atoms with Crippen LogP contribution in [0.2, 0.25) is 0 Å². The summed E-state index contributed by atoms with van der Waals surface area (Å²) in [6, 6.07) is 9.45. The van der Waals surface area contributed by atoms with E-state index in [1.165, 1.54) is 18.2 Å². The summed E-state index contributed by atoms with van der Waals surface area (Å²) >= 11 is 0. The number of fused-ring (bicyclic) bond motifs is 1. The molecular weight excluding hydrogens is 466 g/mol. The van der Waals surface area contributed by atoms with E-state index in [2.05, 4.69) is 10.6 Å². The highest BCUT2D eigenvalue weighted by atomic mass is 19.1. The third-order valence-corrected chi connectivity index (χ3v) is 6.70. The summed E-state index contributed by atoms with van der Waals surface area (Å²) in [6.45, 7) is 1.48. The highest BCUT2D eigenvalue weighted by Crippen LogP contribution is 2.33. The van der Waals surface area contributed by atoms with E-state index in [1.807, 2.05) is 24.3 Å². The molecule has 0 aromatic heterocycles. The summed E-state index contributed by atoms with van der Waals surface area (Å²) in [5.74, 6) is -2.92. The van der Waals surface area contributed by atoms with E-state index in [1.54, 1.807) is 7.05 Å². The van der Waals surface area contributed by atoms with Crippen LogP contribution in [0.1, 0.15) is 50.2 Å². The number of benzene rings is 2. The van der Waals surface area contributed by atoms with E-state index in [9.17, 15) is 23.2 Å². The fourth-order valence-electron chi connectivity index (χ4n) is 4.86. The number of amides is 3. The van der Waals surface area contributed by atoms with Gasteiger partial charge in [0.2, 0.25) is 18.0 Å². The van der Waals surface area contributed by atoms with Crippen LogP contribution in [-0.2, 0) is 20.8 Å². The van der Waals surface area contributed by atoms with Crippen molar-refractivity contribution in [3.8, 4) is 0 Å². The van der Waals surface area contributed by atoms with Crippen molar-refractivity contribution in [3.05, 3.63) is 65.2 Å². The van der Waals surface area contributed by atoms with Crippen LogP contribution in [0.3, 0.4) is 0 Å². The lowest BCUT2D eigenvalue weighted by atomic mass is 9.83. The highest BCUT2D eigenvalue weighted by Gasteiger charge is 2.34.